The first-order chi connectivity index (χ1) is 16.0. The zero-order valence-corrected chi connectivity index (χ0v) is 21.4. The number of hydrogen-bond acceptors (Lipinski definition) is 6. The average molecular weight is 468 g/mol. The van der Waals surface area contributed by atoms with E-state index in [2.05, 4.69) is 53.0 Å². The average Bonchev–Trinajstić information content (AvgIpc) is 3.16. The molecule has 2 aromatic rings. The van der Waals surface area contributed by atoms with Crippen LogP contribution >= 0.6 is 0 Å². The molecule has 1 N–H and O–H groups in total. The minimum Gasteiger partial charge on any atom is -0.444 e. The third kappa shape index (κ3) is 6.26. The Hall–Kier alpha value is -3.13. The number of ether oxygens (including phenoxy) is 2. The Morgan fingerprint density at radius 2 is 1.91 bits per heavy atom. The van der Waals surface area contributed by atoms with Crippen molar-refractivity contribution in [3.63, 3.8) is 0 Å². The second kappa shape index (κ2) is 10.4. The highest BCUT2D eigenvalue weighted by atomic mass is 16.6. The Labute approximate surface area is 202 Å². The summed E-state index contributed by atoms with van der Waals surface area (Å²) in [6.45, 7) is 17.5. The van der Waals surface area contributed by atoms with Crippen LogP contribution in [0.2, 0.25) is 0 Å². The number of benzene rings is 1. The number of carbonyl (C=O) groups excluding carboxylic acids is 1. The molecule has 0 aliphatic carbocycles. The quantitative estimate of drug-likeness (QED) is 0.640. The Morgan fingerprint density at radius 3 is 2.47 bits per heavy atom. The number of aryl methyl sites for hydroxylation is 1. The first kappa shape index (κ1) is 25.5. The van der Waals surface area contributed by atoms with Gasteiger partial charge in [0.1, 0.15) is 5.60 Å². The number of nitrogens with zero attached hydrogens (tertiary/aromatic N) is 4. The summed E-state index contributed by atoms with van der Waals surface area (Å²) in [7, 11) is 1.78. The highest BCUT2D eigenvalue weighted by Gasteiger charge is 2.25. The normalized spacial score (nSPS) is 19.1. The molecule has 1 amide bonds. The van der Waals surface area contributed by atoms with E-state index in [1.807, 2.05) is 46.0 Å². The maximum Gasteiger partial charge on any atom is 0.407 e. The standard InChI is InChI=1S/C26H37N5O3/c1-17-11-20(9-10-21(17)13-29-25(32)34-26(4,5)6)24(27-7)23-12-22(16-31(23)28-8)30-14-18(2)33-19(3)15-30/h9-12,16,18-19H,8,13-15H2,1-7H3,(H,29,32)/b27-24-/t18-,19-/m1/s1. The molecule has 34 heavy (non-hydrogen) atoms. The zero-order chi connectivity index (χ0) is 25.0. The largest absolute Gasteiger partial charge is 0.444 e. The number of anilines is 1. The molecule has 0 unspecified atom stereocenters. The van der Waals surface area contributed by atoms with Crippen molar-refractivity contribution in [1.82, 2.24) is 9.99 Å². The molecule has 2 heterocycles. The molecule has 1 aromatic carbocycles. The van der Waals surface area contributed by atoms with Crippen LogP contribution in [0.3, 0.4) is 0 Å². The van der Waals surface area contributed by atoms with E-state index >= 15 is 0 Å². The van der Waals surface area contributed by atoms with E-state index < -0.39 is 11.7 Å². The van der Waals surface area contributed by atoms with E-state index in [4.69, 9.17) is 9.47 Å². The van der Waals surface area contributed by atoms with Gasteiger partial charge in [0.25, 0.3) is 0 Å². The third-order valence-electron chi connectivity index (χ3n) is 5.63. The summed E-state index contributed by atoms with van der Waals surface area (Å²) in [4.78, 5) is 18.9. The molecule has 1 saturated heterocycles. The molecule has 1 fully saturated rings. The lowest BCUT2D eigenvalue weighted by Gasteiger charge is -2.36. The number of carbonyl (C=O) groups is 1. The van der Waals surface area contributed by atoms with Crippen LogP contribution in [-0.2, 0) is 16.0 Å². The summed E-state index contributed by atoms with van der Waals surface area (Å²) in [6.07, 6.45) is 1.89. The number of rotatable bonds is 6. The van der Waals surface area contributed by atoms with Crippen molar-refractivity contribution in [2.24, 2.45) is 10.1 Å². The lowest BCUT2D eigenvalue weighted by atomic mass is 10.0. The number of alkyl carbamates (subject to hydrolysis) is 1. The van der Waals surface area contributed by atoms with Gasteiger partial charge in [-0.3, -0.25) is 4.99 Å². The van der Waals surface area contributed by atoms with Gasteiger partial charge in [0.05, 0.1) is 35.5 Å². The van der Waals surface area contributed by atoms with E-state index in [0.717, 1.165) is 46.9 Å². The second-order valence-electron chi connectivity index (χ2n) is 9.80. The van der Waals surface area contributed by atoms with Gasteiger partial charge in [-0.15, -0.1) is 0 Å². The van der Waals surface area contributed by atoms with Crippen LogP contribution < -0.4 is 10.2 Å². The lowest BCUT2D eigenvalue weighted by molar-refractivity contribution is -0.00522. The number of amides is 1. The van der Waals surface area contributed by atoms with Gasteiger partial charge in [0.15, 0.2) is 0 Å². The summed E-state index contributed by atoms with van der Waals surface area (Å²) >= 11 is 0. The zero-order valence-electron chi connectivity index (χ0n) is 21.4. The Kier molecular flexibility index (Phi) is 7.82. The predicted octanol–water partition coefficient (Wildman–Crippen LogP) is 4.37. The van der Waals surface area contributed by atoms with Crippen molar-refractivity contribution in [3.05, 3.63) is 52.8 Å². The SMILES string of the molecule is C=Nn1cc(N2C[C@@H](C)O[C@H](C)C2)cc1/C(=N\C)c1ccc(CNC(=O)OC(C)(C)C)c(C)c1. The lowest BCUT2D eigenvalue weighted by Crippen LogP contribution is -2.45. The summed E-state index contributed by atoms with van der Waals surface area (Å²) < 4.78 is 13.0. The molecule has 0 spiro atoms. The first-order valence-electron chi connectivity index (χ1n) is 11.6. The van der Waals surface area contributed by atoms with E-state index in [1.165, 1.54) is 0 Å². The molecule has 1 aliphatic rings. The number of aliphatic imine (C=N–C) groups is 1. The fraction of sp³-hybridized carbons (Fsp3) is 0.500. The summed E-state index contributed by atoms with van der Waals surface area (Å²) in [5.74, 6) is 0. The van der Waals surface area contributed by atoms with Crippen molar-refractivity contribution >= 4 is 24.2 Å². The van der Waals surface area contributed by atoms with E-state index in [-0.39, 0.29) is 12.2 Å². The van der Waals surface area contributed by atoms with Gasteiger partial charge in [-0.1, -0.05) is 12.1 Å². The minimum atomic E-state index is -0.528. The molecule has 0 bridgehead atoms. The van der Waals surface area contributed by atoms with Crippen molar-refractivity contribution in [1.29, 1.82) is 0 Å². The molecular weight excluding hydrogens is 430 g/mol. The minimum absolute atomic E-state index is 0.163. The van der Waals surface area contributed by atoms with Crippen LogP contribution in [0.4, 0.5) is 10.5 Å². The molecule has 184 valence electrons. The Balaban J connectivity index is 1.81. The van der Waals surface area contributed by atoms with Gasteiger partial charge in [-0.25, -0.2) is 9.47 Å². The van der Waals surface area contributed by atoms with Gasteiger partial charge in [0.2, 0.25) is 0 Å². The van der Waals surface area contributed by atoms with Crippen molar-refractivity contribution < 1.29 is 14.3 Å². The van der Waals surface area contributed by atoms with Gasteiger partial charge in [-0.05, 0) is 64.8 Å². The van der Waals surface area contributed by atoms with Gasteiger partial charge in [-0.2, -0.15) is 5.10 Å². The molecule has 0 saturated carbocycles. The topological polar surface area (TPSA) is 80.5 Å². The predicted molar refractivity (Wildman–Crippen MR) is 137 cm³/mol. The van der Waals surface area contributed by atoms with E-state index in [9.17, 15) is 4.79 Å². The molecule has 1 aliphatic heterocycles. The highest BCUT2D eigenvalue weighted by molar-refractivity contribution is 6.12. The van der Waals surface area contributed by atoms with Crippen LogP contribution in [0.25, 0.3) is 0 Å². The fourth-order valence-corrected chi connectivity index (χ4v) is 4.21. The first-order valence-corrected chi connectivity index (χ1v) is 11.6. The Bertz CT molecular complexity index is 1060. The maximum atomic E-state index is 12.0. The molecule has 0 radical (unpaired) electrons. The summed E-state index contributed by atoms with van der Waals surface area (Å²) in [5, 5.41) is 7.02. The third-order valence-corrected chi connectivity index (χ3v) is 5.63. The van der Waals surface area contributed by atoms with Gasteiger partial charge >= 0.3 is 6.09 Å². The van der Waals surface area contributed by atoms with Crippen molar-refractivity contribution in [2.45, 2.75) is 65.9 Å². The highest BCUT2D eigenvalue weighted by Crippen LogP contribution is 2.26. The Morgan fingerprint density at radius 1 is 1.24 bits per heavy atom. The summed E-state index contributed by atoms with van der Waals surface area (Å²) in [6, 6.07) is 8.21. The molecule has 3 rings (SSSR count). The fourth-order valence-electron chi connectivity index (χ4n) is 4.21. The number of morpholine rings is 1. The second-order valence-corrected chi connectivity index (χ2v) is 9.80. The van der Waals surface area contributed by atoms with Gasteiger partial charge in [0, 0.05) is 39.0 Å². The summed E-state index contributed by atoms with van der Waals surface area (Å²) in [5.41, 5.74) is 5.27. The van der Waals surface area contributed by atoms with E-state index in [0.29, 0.717) is 6.54 Å². The number of nitrogens with one attached hydrogen (secondary N) is 1. The number of aromatic nitrogens is 1. The van der Waals surface area contributed by atoms with Crippen LogP contribution in [0.1, 0.15) is 57.0 Å². The van der Waals surface area contributed by atoms with Crippen LogP contribution in [0.15, 0.2) is 40.6 Å². The van der Waals surface area contributed by atoms with Crippen molar-refractivity contribution in [2.75, 3.05) is 25.0 Å². The van der Waals surface area contributed by atoms with Crippen LogP contribution in [0.5, 0.6) is 0 Å². The molecule has 8 nitrogen and oxygen atoms in total. The monoisotopic (exact) mass is 467 g/mol. The number of hydrogen-bond donors (Lipinski definition) is 1. The molecular formula is C26H37N5O3. The maximum absolute atomic E-state index is 12.0. The van der Waals surface area contributed by atoms with Crippen LogP contribution in [0, 0.1) is 6.92 Å². The van der Waals surface area contributed by atoms with Crippen LogP contribution in [-0.4, -0.2) is 61.1 Å². The van der Waals surface area contributed by atoms with Crippen molar-refractivity contribution in [3.8, 4) is 0 Å². The molecule has 2 atom stereocenters. The van der Waals surface area contributed by atoms with E-state index in [1.54, 1.807) is 11.7 Å². The molecule has 8 heteroatoms. The smallest absolute Gasteiger partial charge is 0.407 e. The van der Waals surface area contributed by atoms with Gasteiger partial charge < -0.3 is 19.7 Å². The molecule has 1 aromatic heterocycles.